The molecule has 0 saturated carbocycles. The van der Waals surface area contributed by atoms with Gasteiger partial charge in [0.1, 0.15) is 5.82 Å². The summed E-state index contributed by atoms with van der Waals surface area (Å²) < 4.78 is 19.6. The van der Waals surface area contributed by atoms with Gasteiger partial charge in [0.25, 0.3) is 5.91 Å². The van der Waals surface area contributed by atoms with Gasteiger partial charge >= 0.3 is 0 Å². The van der Waals surface area contributed by atoms with Gasteiger partial charge in [-0.25, -0.2) is 9.37 Å². The number of carbonyl (C=O) groups excluding carboxylic acids is 1. The van der Waals surface area contributed by atoms with E-state index >= 15 is 0 Å². The number of amides is 1. The van der Waals surface area contributed by atoms with Crippen LogP contribution in [-0.4, -0.2) is 39.0 Å². The lowest BCUT2D eigenvalue weighted by molar-refractivity contribution is 0.0695. The number of piperidine rings is 1. The molecule has 2 aromatic heterocycles. The highest BCUT2D eigenvalue weighted by molar-refractivity contribution is 7.20. The van der Waals surface area contributed by atoms with Crippen LogP contribution in [0.2, 0.25) is 0 Å². The van der Waals surface area contributed by atoms with Crippen LogP contribution < -0.4 is 0 Å². The first-order valence-corrected chi connectivity index (χ1v) is 10.2. The molecule has 6 nitrogen and oxygen atoms in total. The number of benzene rings is 2. The lowest BCUT2D eigenvalue weighted by Gasteiger charge is -2.30. The molecule has 3 heterocycles. The predicted molar refractivity (Wildman–Crippen MR) is 107 cm³/mol. The van der Waals surface area contributed by atoms with Crippen LogP contribution in [0.15, 0.2) is 53.1 Å². The second kappa shape index (κ2) is 7.36. The molecule has 2 aromatic carbocycles. The van der Waals surface area contributed by atoms with Crippen molar-refractivity contribution in [3.63, 3.8) is 0 Å². The number of aromatic nitrogens is 3. The summed E-state index contributed by atoms with van der Waals surface area (Å²) in [6.45, 7) is 1.20. The first kappa shape index (κ1) is 17.9. The van der Waals surface area contributed by atoms with Crippen molar-refractivity contribution in [3.8, 4) is 11.4 Å². The van der Waals surface area contributed by atoms with E-state index in [4.69, 9.17) is 4.52 Å². The highest BCUT2D eigenvalue weighted by atomic mass is 32.1. The van der Waals surface area contributed by atoms with E-state index in [0.29, 0.717) is 35.4 Å². The van der Waals surface area contributed by atoms with Gasteiger partial charge in [0.15, 0.2) is 5.01 Å². The van der Waals surface area contributed by atoms with Crippen molar-refractivity contribution in [2.45, 2.75) is 18.8 Å². The van der Waals surface area contributed by atoms with Crippen LogP contribution in [0.3, 0.4) is 0 Å². The minimum atomic E-state index is -0.311. The fourth-order valence-corrected chi connectivity index (χ4v) is 4.51. The second-order valence-electron chi connectivity index (χ2n) is 7.04. The van der Waals surface area contributed by atoms with Crippen molar-refractivity contribution >= 4 is 27.5 Å². The Hall–Kier alpha value is -3.13. The number of thiazole rings is 1. The fraction of sp³-hybridized carbons (Fsp3) is 0.238. The molecule has 146 valence electrons. The zero-order chi connectivity index (χ0) is 19.8. The molecule has 5 rings (SSSR count). The van der Waals surface area contributed by atoms with Gasteiger partial charge in [0.05, 0.1) is 16.1 Å². The number of likely N-dealkylation sites (tertiary alicyclic amines) is 1. The second-order valence-corrected chi connectivity index (χ2v) is 8.07. The number of rotatable bonds is 3. The van der Waals surface area contributed by atoms with Crippen LogP contribution >= 0.6 is 11.3 Å². The summed E-state index contributed by atoms with van der Waals surface area (Å²) in [5, 5.41) is 4.53. The number of nitrogens with zero attached hydrogens (tertiary/aromatic N) is 4. The first-order chi connectivity index (χ1) is 14.2. The summed E-state index contributed by atoms with van der Waals surface area (Å²) in [4.78, 5) is 23.8. The van der Waals surface area contributed by atoms with E-state index in [1.165, 1.54) is 23.5 Å². The van der Waals surface area contributed by atoms with Crippen LogP contribution in [0.4, 0.5) is 4.39 Å². The van der Waals surface area contributed by atoms with Crippen LogP contribution in [-0.2, 0) is 0 Å². The normalized spacial score (nSPS) is 17.0. The Morgan fingerprint density at radius 3 is 2.79 bits per heavy atom. The molecule has 1 saturated heterocycles. The van der Waals surface area contributed by atoms with Crippen LogP contribution in [0.1, 0.15) is 34.5 Å². The van der Waals surface area contributed by atoms with Crippen LogP contribution in [0.5, 0.6) is 0 Å². The summed E-state index contributed by atoms with van der Waals surface area (Å²) in [5.74, 6) is 0.535. The molecule has 0 aliphatic carbocycles. The molecule has 0 bridgehead atoms. The zero-order valence-corrected chi connectivity index (χ0v) is 16.2. The molecule has 4 aromatic rings. The van der Waals surface area contributed by atoms with E-state index in [9.17, 15) is 9.18 Å². The Bertz CT molecular complexity index is 1140. The van der Waals surface area contributed by atoms with Crippen molar-refractivity contribution in [2.24, 2.45) is 0 Å². The van der Waals surface area contributed by atoms with Crippen LogP contribution in [0, 0.1) is 5.82 Å². The maximum Gasteiger partial charge on any atom is 0.282 e. The summed E-state index contributed by atoms with van der Waals surface area (Å²) >= 11 is 1.41. The van der Waals surface area contributed by atoms with Crippen molar-refractivity contribution in [3.05, 3.63) is 65.2 Å². The Balaban J connectivity index is 1.34. The highest BCUT2D eigenvalue weighted by Crippen LogP contribution is 2.30. The summed E-state index contributed by atoms with van der Waals surface area (Å²) in [6.07, 6.45) is 1.73. The van der Waals surface area contributed by atoms with Gasteiger partial charge in [-0.1, -0.05) is 17.3 Å². The highest BCUT2D eigenvalue weighted by Gasteiger charge is 2.30. The molecule has 1 atom stereocenters. The maximum atomic E-state index is 13.1. The minimum Gasteiger partial charge on any atom is -0.339 e. The van der Waals surface area contributed by atoms with Gasteiger partial charge in [-0.05, 0) is 49.2 Å². The number of hydrogen-bond acceptors (Lipinski definition) is 6. The van der Waals surface area contributed by atoms with E-state index in [0.717, 1.165) is 23.1 Å². The molecule has 8 heteroatoms. The predicted octanol–water partition coefficient (Wildman–Crippen LogP) is 4.51. The topological polar surface area (TPSA) is 72.1 Å². The molecule has 0 N–H and O–H groups in total. The van der Waals surface area contributed by atoms with Crippen molar-refractivity contribution in [1.82, 2.24) is 20.0 Å². The number of fused-ring (bicyclic) bond motifs is 1. The molecule has 29 heavy (non-hydrogen) atoms. The van der Waals surface area contributed by atoms with Gasteiger partial charge in [0.2, 0.25) is 11.7 Å². The van der Waals surface area contributed by atoms with E-state index in [1.807, 2.05) is 29.2 Å². The van der Waals surface area contributed by atoms with Crippen molar-refractivity contribution in [2.75, 3.05) is 13.1 Å². The molecule has 0 radical (unpaired) electrons. The molecule has 1 fully saturated rings. The summed E-state index contributed by atoms with van der Waals surface area (Å²) in [6, 6.07) is 13.7. The minimum absolute atomic E-state index is 0.0243. The quantitative estimate of drug-likeness (QED) is 0.499. The summed E-state index contributed by atoms with van der Waals surface area (Å²) in [7, 11) is 0. The Labute approximate surface area is 170 Å². The van der Waals surface area contributed by atoms with Crippen molar-refractivity contribution < 1.29 is 13.7 Å². The maximum absolute atomic E-state index is 13.1. The molecule has 0 spiro atoms. The van der Waals surface area contributed by atoms with E-state index in [1.54, 1.807) is 12.1 Å². The van der Waals surface area contributed by atoms with Gasteiger partial charge in [-0.2, -0.15) is 4.98 Å². The SMILES string of the molecule is O=C(c1nc2ccccc2s1)N1CCCC(c2nc(-c3ccc(F)cc3)no2)C1. The van der Waals surface area contributed by atoms with E-state index in [2.05, 4.69) is 15.1 Å². The van der Waals surface area contributed by atoms with E-state index < -0.39 is 0 Å². The molecule has 1 aliphatic rings. The number of halogens is 1. The lowest BCUT2D eigenvalue weighted by Crippen LogP contribution is -2.39. The van der Waals surface area contributed by atoms with Gasteiger partial charge in [-0.3, -0.25) is 4.79 Å². The standard InChI is InChI=1S/C21H17FN4O2S/c22-15-9-7-13(8-10-15)18-24-19(28-25-18)14-4-3-11-26(12-14)21(27)20-23-16-5-1-2-6-17(16)29-20/h1-2,5-10,14H,3-4,11-12H2. The third-order valence-corrected chi connectivity index (χ3v) is 6.10. The van der Waals surface area contributed by atoms with Gasteiger partial charge < -0.3 is 9.42 Å². The zero-order valence-electron chi connectivity index (χ0n) is 15.4. The van der Waals surface area contributed by atoms with E-state index in [-0.39, 0.29) is 17.6 Å². The molecule has 1 aliphatic heterocycles. The van der Waals surface area contributed by atoms with Gasteiger partial charge in [-0.15, -0.1) is 11.3 Å². The molecule has 1 unspecified atom stereocenters. The third kappa shape index (κ3) is 3.51. The monoisotopic (exact) mass is 408 g/mol. The largest absolute Gasteiger partial charge is 0.339 e. The number of para-hydroxylation sites is 1. The van der Waals surface area contributed by atoms with Crippen molar-refractivity contribution in [1.29, 1.82) is 0 Å². The number of hydrogen-bond donors (Lipinski definition) is 0. The van der Waals surface area contributed by atoms with Crippen LogP contribution in [0.25, 0.3) is 21.6 Å². The first-order valence-electron chi connectivity index (χ1n) is 9.42. The smallest absolute Gasteiger partial charge is 0.282 e. The molecular weight excluding hydrogens is 391 g/mol. The Morgan fingerprint density at radius 2 is 1.97 bits per heavy atom. The summed E-state index contributed by atoms with van der Waals surface area (Å²) in [5.41, 5.74) is 1.54. The molecular formula is C21H17FN4O2S. The lowest BCUT2D eigenvalue weighted by atomic mass is 9.98. The Kier molecular flexibility index (Phi) is 4.55. The third-order valence-electron chi connectivity index (χ3n) is 5.08. The average molecular weight is 408 g/mol. The number of carbonyl (C=O) groups is 1. The Morgan fingerprint density at radius 1 is 1.14 bits per heavy atom. The average Bonchev–Trinajstić information content (AvgIpc) is 3.41. The fourth-order valence-electron chi connectivity index (χ4n) is 3.58. The van der Waals surface area contributed by atoms with Gasteiger partial charge in [0, 0.05) is 18.7 Å². The molecule has 1 amide bonds.